The average Bonchev–Trinajstić information content (AvgIpc) is 3.07. The van der Waals surface area contributed by atoms with Crippen LogP contribution >= 0.6 is 0 Å². The topological polar surface area (TPSA) is 67.3 Å². The number of aryl methyl sites for hydroxylation is 2. The molecule has 1 aliphatic rings. The summed E-state index contributed by atoms with van der Waals surface area (Å²) in [5.41, 5.74) is 10.6. The predicted octanol–water partition coefficient (Wildman–Crippen LogP) is 5.43. The lowest BCUT2D eigenvalue weighted by molar-refractivity contribution is -0.677. The van der Waals surface area contributed by atoms with Crippen molar-refractivity contribution in [3.05, 3.63) is 71.4 Å². The molecule has 0 spiro atoms. The second-order valence-electron chi connectivity index (χ2n) is 9.05. The summed E-state index contributed by atoms with van der Waals surface area (Å²) in [5, 5.41) is 1.13. The van der Waals surface area contributed by atoms with E-state index in [0.29, 0.717) is 17.7 Å². The number of amides is 2. The van der Waals surface area contributed by atoms with Crippen LogP contribution in [0.25, 0.3) is 10.9 Å². The number of aromatic nitrogens is 1. The summed E-state index contributed by atoms with van der Waals surface area (Å²) in [4.78, 5) is 26.2. The molecule has 0 unspecified atom stereocenters. The molecule has 3 aromatic rings. The molecule has 4 rings (SSSR count). The second-order valence-corrected chi connectivity index (χ2v) is 9.05. The fourth-order valence-electron chi connectivity index (χ4n) is 4.86. The fourth-order valence-corrected chi connectivity index (χ4v) is 4.86. The SMILES string of the molecule is Cc1cc(N)c2ccccc2[n+]1CCCCCCCCCCN1C(=O)c2ccccc2C1=O. The van der Waals surface area contributed by atoms with E-state index >= 15 is 0 Å². The molecule has 2 heterocycles. The van der Waals surface area contributed by atoms with Crippen LogP contribution in [0.3, 0.4) is 0 Å². The number of hydrogen-bond donors (Lipinski definition) is 1. The number of benzene rings is 2. The highest BCUT2D eigenvalue weighted by molar-refractivity contribution is 6.21. The number of fused-ring (bicyclic) bond motifs is 2. The highest BCUT2D eigenvalue weighted by Crippen LogP contribution is 2.23. The number of nitrogen functional groups attached to an aromatic ring is 1. The highest BCUT2D eigenvalue weighted by Gasteiger charge is 2.34. The Bertz CT molecular complexity index is 1120. The Morgan fingerprint density at radius 2 is 1.30 bits per heavy atom. The molecule has 1 aliphatic heterocycles. The Kier molecular flexibility index (Phi) is 7.38. The maximum absolute atomic E-state index is 12.4. The molecule has 0 atom stereocenters. The van der Waals surface area contributed by atoms with Crippen LogP contribution in [0, 0.1) is 6.92 Å². The summed E-state index contributed by atoms with van der Waals surface area (Å²) in [6.45, 7) is 3.68. The number of hydrogen-bond acceptors (Lipinski definition) is 3. The van der Waals surface area contributed by atoms with Gasteiger partial charge in [-0.15, -0.1) is 0 Å². The predicted molar refractivity (Wildman–Crippen MR) is 132 cm³/mol. The largest absolute Gasteiger partial charge is 0.398 e. The molecular weight excluding hydrogens is 410 g/mol. The number of unbranched alkanes of at least 4 members (excludes halogenated alkanes) is 7. The summed E-state index contributed by atoms with van der Waals surface area (Å²) in [6.07, 6.45) is 9.16. The number of carbonyl (C=O) groups excluding carboxylic acids is 2. The molecule has 5 nitrogen and oxygen atoms in total. The summed E-state index contributed by atoms with van der Waals surface area (Å²) in [5.74, 6) is -0.282. The maximum Gasteiger partial charge on any atom is 0.261 e. The molecule has 0 saturated heterocycles. The third-order valence-corrected chi connectivity index (χ3v) is 6.69. The zero-order valence-corrected chi connectivity index (χ0v) is 19.6. The van der Waals surface area contributed by atoms with Gasteiger partial charge in [-0.3, -0.25) is 14.5 Å². The van der Waals surface area contributed by atoms with Gasteiger partial charge in [0.25, 0.3) is 11.8 Å². The third-order valence-electron chi connectivity index (χ3n) is 6.69. The maximum atomic E-state index is 12.4. The van der Waals surface area contributed by atoms with E-state index in [1.54, 1.807) is 12.1 Å². The van der Waals surface area contributed by atoms with Crippen molar-refractivity contribution in [3.63, 3.8) is 0 Å². The first-order chi connectivity index (χ1) is 16.1. The Hall–Kier alpha value is -3.21. The Balaban J connectivity index is 1.10. The zero-order chi connectivity index (χ0) is 23.2. The first-order valence-corrected chi connectivity index (χ1v) is 12.2. The van der Waals surface area contributed by atoms with Gasteiger partial charge >= 0.3 is 0 Å². The van der Waals surface area contributed by atoms with Crippen molar-refractivity contribution in [2.24, 2.45) is 0 Å². The van der Waals surface area contributed by atoms with Crippen LogP contribution in [0.2, 0.25) is 0 Å². The van der Waals surface area contributed by atoms with Gasteiger partial charge in [0.1, 0.15) is 6.54 Å². The monoisotopic (exact) mass is 444 g/mol. The van der Waals surface area contributed by atoms with Crippen LogP contribution in [0.1, 0.15) is 77.8 Å². The smallest absolute Gasteiger partial charge is 0.261 e. The van der Waals surface area contributed by atoms with Gasteiger partial charge in [-0.2, -0.15) is 4.57 Å². The molecule has 33 heavy (non-hydrogen) atoms. The third kappa shape index (κ3) is 5.08. The van der Waals surface area contributed by atoms with Gasteiger partial charge in [-0.25, -0.2) is 0 Å². The van der Waals surface area contributed by atoms with Crippen LogP contribution in [-0.4, -0.2) is 23.3 Å². The van der Waals surface area contributed by atoms with E-state index in [0.717, 1.165) is 36.9 Å². The number of nitrogens with two attached hydrogens (primary N) is 1. The minimum atomic E-state index is -0.141. The Labute approximate surface area is 196 Å². The molecule has 5 heteroatoms. The lowest BCUT2D eigenvalue weighted by Crippen LogP contribution is -2.38. The number of pyridine rings is 1. The van der Waals surface area contributed by atoms with Gasteiger partial charge in [0, 0.05) is 32.0 Å². The molecule has 0 fully saturated rings. The zero-order valence-electron chi connectivity index (χ0n) is 19.6. The molecule has 0 bridgehead atoms. The Morgan fingerprint density at radius 1 is 0.758 bits per heavy atom. The minimum absolute atomic E-state index is 0.141. The van der Waals surface area contributed by atoms with E-state index < -0.39 is 0 Å². The van der Waals surface area contributed by atoms with E-state index in [-0.39, 0.29) is 11.8 Å². The summed E-state index contributed by atoms with van der Waals surface area (Å²) >= 11 is 0. The van der Waals surface area contributed by atoms with E-state index in [2.05, 4.69) is 35.8 Å². The summed E-state index contributed by atoms with van der Waals surface area (Å²) < 4.78 is 2.38. The van der Waals surface area contributed by atoms with Gasteiger partial charge in [0.05, 0.1) is 22.2 Å². The van der Waals surface area contributed by atoms with Crippen molar-refractivity contribution < 1.29 is 14.2 Å². The Morgan fingerprint density at radius 3 is 1.97 bits per heavy atom. The van der Waals surface area contributed by atoms with Gasteiger partial charge < -0.3 is 5.73 Å². The van der Waals surface area contributed by atoms with Crippen molar-refractivity contribution in [1.82, 2.24) is 4.90 Å². The lowest BCUT2D eigenvalue weighted by atomic mass is 10.1. The number of para-hydroxylation sites is 1. The highest BCUT2D eigenvalue weighted by atomic mass is 16.2. The standard InChI is InChI=1S/C28H33N3O2/c1-21-20-25(29)24-16-10-11-17-26(24)30(21)18-12-6-4-2-3-5-7-13-19-31-27(32)22-14-8-9-15-23(22)28(31)33/h8-11,14-17,20,29H,2-7,12-13,18-19H2,1H3/p+1. The quantitative estimate of drug-likeness (QED) is 0.243. The van der Waals surface area contributed by atoms with Crippen LogP contribution < -0.4 is 10.3 Å². The molecule has 2 aromatic carbocycles. The van der Waals surface area contributed by atoms with Crippen molar-refractivity contribution in [3.8, 4) is 0 Å². The van der Waals surface area contributed by atoms with Crippen molar-refractivity contribution in [1.29, 1.82) is 0 Å². The van der Waals surface area contributed by atoms with E-state index in [4.69, 9.17) is 5.73 Å². The van der Waals surface area contributed by atoms with Crippen LogP contribution in [0.4, 0.5) is 5.69 Å². The van der Waals surface area contributed by atoms with Crippen LogP contribution in [0.15, 0.2) is 54.6 Å². The summed E-state index contributed by atoms with van der Waals surface area (Å²) in [6, 6.07) is 17.5. The number of nitrogens with zero attached hydrogens (tertiary/aromatic N) is 2. The summed E-state index contributed by atoms with van der Waals surface area (Å²) in [7, 11) is 0. The first kappa shape index (κ1) is 23.0. The molecule has 0 aliphatic carbocycles. The molecule has 2 amide bonds. The van der Waals surface area contributed by atoms with Gasteiger partial charge in [0.2, 0.25) is 5.52 Å². The average molecular weight is 445 g/mol. The first-order valence-electron chi connectivity index (χ1n) is 12.2. The van der Waals surface area contributed by atoms with Crippen LogP contribution in [0.5, 0.6) is 0 Å². The number of imide groups is 1. The van der Waals surface area contributed by atoms with Crippen molar-refractivity contribution in [2.75, 3.05) is 12.3 Å². The van der Waals surface area contributed by atoms with E-state index in [1.807, 2.05) is 18.2 Å². The van der Waals surface area contributed by atoms with Crippen molar-refractivity contribution in [2.45, 2.75) is 64.8 Å². The van der Waals surface area contributed by atoms with E-state index in [9.17, 15) is 9.59 Å². The minimum Gasteiger partial charge on any atom is -0.398 e. The molecule has 2 N–H and O–H groups in total. The van der Waals surface area contributed by atoms with Gasteiger partial charge in [0.15, 0.2) is 5.69 Å². The number of anilines is 1. The number of rotatable bonds is 11. The van der Waals surface area contributed by atoms with Gasteiger partial charge in [-0.1, -0.05) is 56.4 Å². The molecule has 1 aromatic heterocycles. The fraction of sp³-hybridized carbons (Fsp3) is 0.393. The lowest BCUT2D eigenvalue weighted by Gasteiger charge is -2.13. The molecule has 0 saturated carbocycles. The van der Waals surface area contributed by atoms with Crippen molar-refractivity contribution >= 4 is 28.4 Å². The number of carbonyl (C=O) groups is 2. The molecule has 172 valence electrons. The second kappa shape index (κ2) is 10.6. The van der Waals surface area contributed by atoms with E-state index in [1.165, 1.54) is 48.2 Å². The van der Waals surface area contributed by atoms with Gasteiger partial charge in [-0.05, 0) is 31.0 Å². The van der Waals surface area contributed by atoms with Crippen LogP contribution in [-0.2, 0) is 6.54 Å². The molecular formula is C28H34N3O2+. The normalized spacial score (nSPS) is 13.2. The molecule has 0 radical (unpaired) electrons.